The van der Waals surface area contributed by atoms with E-state index in [9.17, 15) is 24.0 Å². The van der Waals surface area contributed by atoms with Gasteiger partial charge in [0, 0.05) is 51.7 Å². The highest BCUT2D eigenvalue weighted by atomic mass is 32.1. The Morgan fingerprint density at radius 1 is 0.865 bits per heavy atom. The van der Waals surface area contributed by atoms with Crippen molar-refractivity contribution in [3.63, 3.8) is 0 Å². The van der Waals surface area contributed by atoms with Crippen LogP contribution in [-0.4, -0.2) is 133 Å². The SMILES string of the molecule is CC(C)[C@@H]1NC(=O)[C@H](C)NC(=O)c2csc(n2)[C@H](Cc2ccccc2)NC(=O)CN(CC(C)(C)CN2CCOCC2)CCN(C)C(=O)[C@@H](C)NC1=O. The maximum atomic E-state index is 13.9. The molecule has 1 fully saturated rings. The molecule has 1 aromatic carbocycles. The molecule has 52 heavy (non-hydrogen) atoms. The molecule has 14 nitrogen and oxygen atoms in total. The molecular weight excluding hydrogens is 685 g/mol. The molecule has 1 aromatic heterocycles. The first-order valence-electron chi connectivity index (χ1n) is 18.1. The van der Waals surface area contributed by atoms with E-state index in [0.29, 0.717) is 44.3 Å². The first kappa shape index (κ1) is 40.8. The predicted octanol–water partition coefficient (Wildman–Crippen LogP) is 1.44. The minimum atomic E-state index is -0.982. The van der Waals surface area contributed by atoms with E-state index in [1.54, 1.807) is 38.1 Å². The number of ether oxygens (including phenoxy) is 1. The Hall–Kier alpha value is -3.92. The lowest BCUT2D eigenvalue weighted by molar-refractivity contribution is -0.136. The van der Waals surface area contributed by atoms with Gasteiger partial charge in [0.15, 0.2) is 0 Å². The smallest absolute Gasteiger partial charge is 0.271 e. The number of morpholine rings is 1. The average molecular weight is 741 g/mol. The van der Waals surface area contributed by atoms with Crippen LogP contribution in [0.2, 0.25) is 0 Å². The summed E-state index contributed by atoms with van der Waals surface area (Å²) >= 11 is 1.26. The lowest BCUT2D eigenvalue weighted by Crippen LogP contribution is -2.57. The van der Waals surface area contributed by atoms with Gasteiger partial charge in [-0.1, -0.05) is 58.0 Å². The van der Waals surface area contributed by atoms with Crippen LogP contribution in [0.3, 0.4) is 0 Å². The van der Waals surface area contributed by atoms with Crippen molar-refractivity contribution in [2.24, 2.45) is 11.3 Å². The number of nitrogens with one attached hydrogen (secondary N) is 4. The van der Waals surface area contributed by atoms with Crippen molar-refractivity contribution >= 4 is 40.9 Å². The van der Waals surface area contributed by atoms with E-state index >= 15 is 0 Å². The molecule has 0 saturated carbocycles. The minimum absolute atomic E-state index is 0.0756. The second-order valence-electron chi connectivity index (χ2n) is 15.1. The number of thiazole rings is 1. The largest absolute Gasteiger partial charge is 0.379 e. The number of likely N-dealkylation sites (N-methyl/N-ethyl adjacent to an activating group) is 1. The van der Waals surface area contributed by atoms with Gasteiger partial charge >= 0.3 is 0 Å². The number of carbonyl (C=O) groups excluding carboxylic acids is 5. The first-order chi connectivity index (χ1) is 24.6. The number of aromatic nitrogens is 1. The predicted molar refractivity (Wildman–Crippen MR) is 200 cm³/mol. The maximum absolute atomic E-state index is 13.9. The van der Waals surface area contributed by atoms with Crippen LogP contribution in [0.4, 0.5) is 0 Å². The Labute approximate surface area is 311 Å². The van der Waals surface area contributed by atoms with E-state index in [1.165, 1.54) is 18.3 Å². The van der Waals surface area contributed by atoms with Gasteiger partial charge in [-0.25, -0.2) is 4.98 Å². The summed E-state index contributed by atoms with van der Waals surface area (Å²) in [5, 5.41) is 13.5. The lowest BCUT2D eigenvalue weighted by atomic mass is 9.91. The van der Waals surface area contributed by atoms with Crippen molar-refractivity contribution in [3.05, 3.63) is 52.0 Å². The summed E-state index contributed by atoms with van der Waals surface area (Å²) in [5.74, 6) is -2.41. The molecule has 286 valence electrons. The molecule has 2 aliphatic rings. The van der Waals surface area contributed by atoms with Crippen molar-refractivity contribution in [1.82, 2.24) is 41.0 Å². The van der Waals surface area contributed by atoms with E-state index in [2.05, 4.69) is 49.9 Å². The van der Waals surface area contributed by atoms with Crippen LogP contribution in [0, 0.1) is 11.3 Å². The zero-order valence-electron chi connectivity index (χ0n) is 31.6. The number of hydrogen-bond acceptors (Lipinski definition) is 10. The minimum Gasteiger partial charge on any atom is -0.379 e. The normalized spacial score (nSPS) is 24.5. The summed E-state index contributed by atoms with van der Waals surface area (Å²) < 4.78 is 5.55. The van der Waals surface area contributed by atoms with E-state index in [1.807, 2.05) is 30.3 Å². The van der Waals surface area contributed by atoms with Crippen LogP contribution in [-0.2, 0) is 30.3 Å². The summed E-state index contributed by atoms with van der Waals surface area (Å²) in [6.45, 7) is 16.4. The quantitative estimate of drug-likeness (QED) is 0.329. The Morgan fingerprint density at radius 2 is 1.54 bits per heavy atom. The van der Waals surface area contributed by atoms with Gasteiger partial charge in [-0.3, -0.25) is 33.8 Å². The van der Waals surface area contributed by atoms with Crippen molar-refractivity contribution in [2.45, 2.75) is 72.1 Å². The molecular formula is C37H56N8O6S. The molecule has 1 saturated heterocycles. The number of fused-ring (bicyclic) bond motifs is 2. The number of rotatable bonds is 7. The van der Waals surface area contributed by atoms with Gasteiger partial charge in [-0.2, -0.15) is 0 Å². The summed E-state index contributed by atoms with van der Waals surface area (Å²) in [5.41, 5.74) is 0.922. The maximum Gasteiger partial charge on any atom is 0.271 e. The standard InChI is InChI=1S/C37H56N8O6S/c1-24(2)31-34(49)39-26(4)36(50)43(7)13-14-45(23-37(5,6)22-44-15-17-51-18-16-44)20-30(46)40-28(19-27-11-9-8-10-12-27)35-41-29(21-52-35)33(48)38-25(3)32(47)42-31/h8-12,21,24-26,28,31H,13-20,22-23H2,1-7H3,(H,38,48)(H,39,49)(H,40,46)(H,42,47)/t25-,26+,28-,31-/m0/s1. The monoisotopic (exact) mass is 740 g/mol. The molecule has 4 atom stereocenters. The highest BCUT2D eigenvalue weighted by Crippen LogP contribution is 2.24. The van der Waals surface area contributed by atoms with Crippen LogP contribution in [0.25, 0.3) is 0 Å². The summed E-state index contributed by atoms with van der Waals surface area (Å²) in [7, 11) is 1.68. The van der Waals surface area contributed by atoms with Crippen molar-refractivity contribution in [2.75, 3.05) is 66.1 Å². The van der Waals surface area contributed by atoms with E-state index in [4.69, 9.17) is 4.74 Å². The van der Waals surface area contributed by atoms with E-state index in [-0.39, 0.29) is 35.4 Å². The summed E-state index contributed by atoms with van der Waals surface area (Å²) in [6.07, 6.45) is 0.454. The Kier molecular flexibility index (Phi) is 14.7. The van der Waals surface area contributed by atoms with Gasteiger partial charge in [0.25, 0.3) is 5.91 Å². The third-order valence-electron chi connectivity index (χ3n) is 9.29. The van der Waals surface area contributed by atoms with Crippen LogP contribution in [0.1, 0.15) is 68.6 Å². The molecule has 5 amide bonds. The molecule has 0 aliphatic carbocycles. The highest BCUT2D eigenvalue weighted by molar-refractivity contribution is 7.09. The molecule has 0 unspecified atom stereocenters. The van der Waals surface area contributed by atoms with E-state index < -0.39 is 41.9 Å². The van der Waals surface area contributed by atoms with E-state index in [0.717, 1.165) is 25.2 Å². The first-order valence-corrected chi connectivity index (χ1v) is 19.0. The van der Waals surface area contributed by atoms with Crippen molar-refractivity contribution in [1.29, 1.82) is 0 Å². The molecule has 0 radical (unpaired) electrons. The summed E-state index contributed by atoms with van der Waals surface area (Å²) in [4.78, 5) is 77.8. The molecule has 2 aromatic rings. The van der Waals surface area contributed by atoms with Gasteiger partial charge in [0.2, 0.25) is 23.6 Å². The second-order valence-corrected chi connectivity index (χ2v) is 15.9. The molecule has 4 rings (SSSR count). The fourth-order valence-electron chi connectivity index (χ4n) is 6.53. The van der Waals surface area contributed by atoms with Gasteiger partial charge in [-0.15, -0.1) is 11.3 Å². The molecule has 15 heteroatoms. The Bertz CT molecular complexity index is 1530. The van der Waals surface area contributed by atoms with Crippen molar-refractivity contribution < 1.29 is 28.7 Å². The Balaban J connectivity index is 1.64. The molecule has 2 aliphatic heterocycles. The second kappa shape index (κ2) is 18.7. The fourth-order valence-corrected chi connectivity index (χ4v) is 7.37. The number of carbonyl (C=O) groups is 5. The number of hydrogen-bond donors (Lipinski definition) is 4. The third-order valence-corrected chi connectivity index (χ3v) is 10.2. The van der Waals surface area contributed by atoms with Crippen LogP contribution in [0.5, 0.6) is 0 Å². The molecule has 4 N–H and O–H groups in total. The van der Waals surface area contributed by atoms with Gasteiger partial charge in [0.05, 0.1) is 25.8 Å². The summed E-state index contributed by atoms with van der Waals surface area (Å²) in [6, 6.07) is 6.44. The topological polar surface area (TPSA) is 165 Å². The number of benzene rings is 1. The zero-order chi connectivity index (χ0) is 38.0. The van der Waals surface area contributed by atoms with Gasteiger partial charge in [-0.05, 0) is 37.2 Å². The highest BCUT2D eigenvalue weighted by Gasteiger charge is 2.32. The zero-order valence-corrected chi connectivity index (χ0v) is 32.4. The van der Waals surface area contributed by atoms with Gasteiger partial charge < -0.3 is 30.9 Å². The fraction of sp³-hybridized carbons (Fsp3) is 0.622. The molecule has 3 heterocycles. The van der Waals surface area contributed by atoms with Gasteiger partial charge in [0.1, 0.15) is 28.8 Å². The van der Waals surface area contributed by atoms with Crippen LogP contribution >= 0.6 is 11.3 Å². The number of amides is 5. The lowest BCUT2D eigenvalue weighted by Gasteiger charge is -2.38. The Morgan fingerprint density at radius 3 is 2.21 bits per heavy atom. The van der Waals surface area contributed by atoms with Crippen molar-refractivity contribution in [3.8, 4) is 0 Å². The molecule has 0 spiro atoms. The number of nitrogens with zero attached hydrogens (tertiary/aromatic N) is 4. The third kappa shape index (κ3) is 12.1. The van der Waals surface area contributed by atoms with Crippen LogP contribution in [0.15, 0.2) is 35.7 Å². The average Bonchev–Trinajstić information content (AvgIpc) is 3.59. The van der Waals surface area contributed by atoms with Crippen LogP contribution < -0.4 is 21.3 Å². The molecule has 2 bridgehead atoms.